The number of thiazole rings is 1. The minimum atomic E-state index is -0.0529. The van der Waals surface area contributed by atoms with Crippen LogP contribution in [-0.4, -0.2) is 65.0 Å². The highest BCUT2D eigenvalue weighted by Gasteiger charge is 2.36. The number of nitrogens with zero attached hydrogens (tertiary/aromatic N) is 4. The molecule has 1 aromatic rings. The second-order valence-corrected chi connectivity index (χ2v) is 7.14. The van der Waals surface area contributed by atoms with Gasteiger partial charge in [-0.3, -0.25) is 4.90 Å². The van der Waals surface area contributed by atoms with Crippen molar-refractivity contribution in [3.8, 4) is 0 Å². The molecule has 1 aliphatic heterocycles. The largest absolute Gasteiger partial charge is 0.375 e. The highest BCUT2D eigenvalue weighted by molar-refractivity contribution is 7.15. The fourth-order valence-corrected chi connectivity index (χ4v) is 3.21. The molecule has 0 atom stereocenters. The fraction of sp³-hybridized carbons (Fsp3) is 0.692. The number of carbonyl (C=O) groups is 1. The first kappa shape index (κ1) is 18.0. The van der Waals surface area contributed by atoms with Crippen molar-refractivity contribution in [2.75, 3.05) is 39.5 Å². The number of nitrogens with two attached hydrogens (primary N) is 1. The molecule has 0 radical (unpaired) electrons. The van der Waals surface area contributed by atoms with Gasteiger partial charge in [0.2, 0.25) is 0 Å². The van der Waals surface area contributed by atoms with Crippen LogP contribution in [0.25, 0.3) is 0 Å². The van der Waals surface area contributed by atoms with Gasteiger partial charge < -0.3 is 15.5 Å². The Morgan fingerprint density at radius 2 is 2.14 bits per heavy atom. The SMILES string of the molecule is CN(C)C(=O)N1CCN(Cc2cnc(N)s2)C(C)(C)C1.Cl. The standard InChI is InChI=1S/C13H23N5OS.ClH/c1-13(2)9-17(12(19)16(3)4)5-6-18(13)8-10-7-15-11(14)20-10;/h7H,5-6,8-9H2,1-4H3,(H2,14,15);1H. The average Bonchev–Trinajstić information content (AvgIpc) is 2.76. The van der Waals surface area contributed by atoms with E-state index in [2.05, 4.69) is 23.7 Å². The van der Waals surface area contributed by atoms with Gasteiger partial charge >= 0.3 is 6.03 Å². The number of aromatic nitrogens is 1. The van der Waals surface area contributed by atoms with Gasteiger partial charge in [-0.05, 0) is 13.8 Å². The summed E-state index contributed by atoms with van der Waals surface area (Å²) in [7, 11) is 3.59. The summed E-state index contributed by atoms with van der Waals surface area (Å²) in [5.41, 5.74) is 5.62. The minimum Gasteiger partial charge on any atom is -0.375 e. The van der Waals surface area contributed by atoms with Gasteiger partial charge in [-0.2, -0.15) is 0 Å². The molecule has 0 unspecified atom stereocenters. The van der Waals surface area contributed by atoms with E-state index in [0.717, 1.165) is 26.2 Å². The van der Waals surface area contributed by atoms with Crippen molar-refractivity contribution in [1.29, 1.82) is 0 Å². The van der Waals surface area contributed by atoms with Crippen LogP contribution in [0.3, 0.4) is 0 Å². The molecule has 1 aliphatic rings. The van der Waals surface area contributed by atoms with Crippen molar-refractivity contribution in [3.05, 3.63) is 11.1 Å². The number of hydrogen-bond acceptors (Lipinski definition) is 5. The number of carbonyl (C=O) groups excluding carboxylic acids is 1. The molecule has 1 saturated heterocycles. The third-order valence-electron chi connectivity index (χ3n) is 3.64. The third kappa shape index (κ3) is 4.21. The Kier molecular flexibility index (Phi) is 5.83. The maximum Gasteiger partial charge on any atom is 0.319 e. The summed E-state index contributed by atoms with van der Waals surface area (Å²) in [6.07, 6.45) is 1.84. The highest BCUT2D eigenvalue weighted by atomic mass is 35.5. The van der Waals surface area contributed by atoms with Gasteiger partial charge in [-0.15, -0.1) is 23.7 Å². The molecule has 2 heterocycles. The van der Waals surface area contributed by atoms with E-state index in [-0.39, 0.29) is 24.0 Å². The highest BCUT2D eigenvalue weighted by Crippen LogP contribution is 2.26. The van der Waals surface area contributed by atoms with Gasteiger partial charge in [0.05, 0.1) is 0 Å². The molecule has 0 bridgehead atoms. The van der Waals surface area contributed by atoms with Crippen LogP contribution in [0.1, 0.15) is 18.7 Å². The molecule has 1 fully saturated rings. The van der Waals surface area contributed by atoms with Crippen molar-refractivity contribution in [1.82, 2.24) is 19.7 Å². The number of halogens is 1. The molecular formula is C13H24ClN5OS. The van der Waals surface area contributed by atoms with E-state index in [9.17, 15) is 4.79 Å². The lowest BCUT2D eigenvalue weighted by Gasteiger charge is -2.47. The first-order valence-electron chi connectivity index (χ1n) is 6.71. The van der Waals surface area contributed by atoms with Crippen LogP contribution in [-0.2, 0) is 6.54 Å². The molecule has 0 aliphatic carbocycles. The van der Waals surface area contributed by atoms with E-state index >= 15 is 0 Å². The van der Waals surface area contributed by atoms with Crippen LogP contribution in [0.5, 0.6) is 0 Å². The normalized spacial score (nSPS) is 18.2. The predicted octanol–water partition coefficient (Wildman–Crippen LogP) is 1.72. The van der Waals surface area contributed by atoms with E-state index in [1.54, 1.807) is 19.0 Å². The molecule has 8 heteroatoms. The Balaban J connectivity index is 0.00000220. The van der Waals surface area contributed by atoms with Gasteiger partial charge in [0, 0.05) is 56.9 Å². The lowest BCUT2D eigenvalue weighted by molar-refractivity contribution is 0.0252. The van der Waals surface area contributed by atoms with Gasteiger partial charge in [0.15, 0.2) is 5.13 Å². The molecule has 21 heavy (non-hydrogen) atoms. The number of anilines is 1. The Morgan fingerprint density at radius 1 is 1.48 bits per heavy atom. The molecule has 0 spiro atoms. The predicted molar refractivity (Wildman–Crippen MR) is 88.9 cm³/mol. The topological polar surface area (TPSA) is 65.7 Å². The zero-order valence-corrected chi connectivity index (χ0v) is 14.6. The maximum atomic E-state index is 12.1. The van der Waals surface area contributed by atoms with Crippen LogP contribution in [0, 0.1) is 0 Å². The quantitative estimate of drug-likeness (QED) is 0.895. The fourth-order valence-electron chi connectivity index (χ4n) is 2.51. The summed E-state index contributed by atoms with van der Waals surface area (Å²) >= 11 is 1.53. The van der Waals surface area contributed by atoms with Crippen LogP contribution < -0.4 is 5.73 Å². The van der Waals surface area contributed by atoms with Crippen LogP contribution in [0.15, 0.2) is 6.20 Å². The second kappa shape index (κ2) is 6.81. The summed E-state index contributed by atoms with van der Waals surface area (Å²) in [5.74, 6) is 0. The minimum absolute atomic E-state index is 0. The summed E-state index contributed by atoms with van der Waals surface area (Å²) in [6.45, 7) is 7.54. The third-order valence-corrected chi connectivity index (χ3v) is 4.46. The molecule has 2 N–H and O–H groups in total. The lowest BCUT2D eigenvalue weighted by atomic mass is 9.99. The van der Waals surface area contributed by atoms with E-state index < -0.39 is 0 Å². The second-order valence-electron chi connectivity index (χ2n) is 6.00. The number of piperazine rings is 1. The van der Waals surface area contributed by atoms with Crippen LogP contribution in [0.2, 0.25) is 0 Å². The lowest BCUT2D eigenvalue weighted by Crippen LogP contribution is -2.61. The van der Waals surface area contributed by atoms with E-state index in [0.29, 0.717) is 5.13 Å². The number of amides is 2. The summed E-state index contributed by atoms with van der Waals surface area (Å²) < 4.78 is 0. The Hall–Kier alpha value is -1.05. The zero-order chi connectivity index (χ0) is 14.9. The smallest absolute Gasteiger partial charge is 0.319 e. The van der Waals surface area contributed by atoms with E-state index in [4.69, 9.17) is 5.73 Å². The van der Waals surface area contributed by atoms with Crippen molar-refractivity contribution in [2.45, 2.75) is 25.9 Å². The first-order chi connectivity index (χ1) is 9.29. The Labute approximate surface area is 136 Å². The molecule has 120 valence electrons. The van der Waals surface area contributed by atoms with E-state index in [1.807, 2.05) is 11.1 Å². The Bertz CT molecular complexity index is 491. The molecular weight excluding hydrogens is 310 g/mol. The molecule has 2 rings (SSSR count). The summed E-state index contributed by atoms with van der Waals surface area (Å²) in [5, 5.41) is 0.610. The van der Waals surface area contributed by atoms with Crippen molar-refractivity contribution in [3.63, 3.8) is 0 Å². The van der Waals surface area contributed by atoms with Gasteiger partial charge in [0.25, 0.3) is 0 Å². The van der Waals surface area contributed by atoms with E-state index in [1.165, 1.54) is 16.2 Å². The Morgan fingerprint density at radius 3 is 2.62 bits per heavy atom. The monoisotopic (exact) mass is 333 g/mol. The molecule has 1 aromatic heterocycles. The number of rotatable bonds is 2. The zero-order valence-electron chi connectivity index (χ0n) is 13.0. The van der Waals surface area contributed by atoms with Crippen LogP contribution in [0.4, 0.5) is 9.93 Å². The van der Waals surface area contributed by atoms with Crippen LogP contribution >= 0.6 is 23.7 Å². The van der Waals surface area contributed by atoms with Gasteiger partial charge in [0.1, 0.15) is 0 Å². The molecule has 0 aromatic carbocycles. The van der Waals surface area contributed by atoms with Gasteiger partial charge in [-0.25, -0.2) is 9.78 Å². The molecule has 2 amide bonds. The van der Waals surface area contributed by atoms with Crippen molar-refractivity contribution >= 4 is 34.9 Å². The van der Waals surface area contributed by atoms with Crippen molar-refractivity contribution < 1.29 is 4.79 Å². The number of nitrogen functional groups attached to an aromatic ring is 1. The number of urea groups is 1. The molecule has 0 saturated carbocycles. The van der Waals surface area contributed by atoms with Crippen molar-refractivity contribution in [2.24, 2.45) is 0 Å². The maximum absolute atomic E-state index is 12.1. The summed E-state index contributed by atoms with van der Waals surface area (Å²) in [6, 6.07) is 0.0831. The van der Waals surface area contributed by atoms with Gasteiger partial charge in [-0.1, -0.05) is 0 Å². The average molecular weight is 334 g/mol. The summed E-state index contributed by atoms with van der Waals surface area (Å²) in [4.78, 5) is 23.3. The number of hydrogen-bond donors (Lipinski definition) is 1. The molecule has 6 nitrogen and oxygen atoms in total. The first-order valence-corrected chi connectivity index (χ1v) is 7.53.